The van der Waals surface area contributed by atoms with Gasteiger partial charge in [0.2, 0.25) is 0 Å². The van der Waals surface area contributed by atoms with Crippen molar-refractivity contribution >= 4 is 23.0 Å². The Hall–Kier alpha value is -3.26. The summed E-state index contributed by atoms with van der Waals surface area (Å²) in [7, 11) is 0. The van der Waals surface area contributed by atoms with Crippen LogP contribution in [0.2, 0.25) is 0 Å². The Bertz CT molecular complexity index is 1050. The summed E-state index contributed by atoms with van der Waals surface area (Å²) < 4.78 is 1.67. The van der Waals surface area contributed by atoms with E-state index in [-0.39, 0.29) is 12.6 Å². The minimum absolute atomic E-state index is 0.223. The van der Waals surface area contributed by atoms with Crippen LogP contribution in [0.4, 0.5) is 4.79 Å². The minimum Gasteiger partial charge on any atom is -0.338 e. The van der Waals surface area contributed by atoms with E-state index in [0.29, 0.717) is 18.0 Å². The maximum Gasteiger partial charge on any atom is 0.315 e. The molecule has 4 rings (SSSR count). The molecule has 0 bridgehead atoms. The van der Waals surface area contributed by atoms with Crippen molar-refractivity contribution in [3.63, 3.8) is 0 Å². The standard InChI is InChI=1S/C20H20N6OS/c27-20(21-11-4-7-15-5-2-1-3-6-15)22-13-19-24-23-18-9-8-17(25-26(18)19)16-10-12-28-14-16/h1-3,5-6,8-10,12,14H,4,7,11,13H2,(H2,21,22,27). The van der Waals surface area contributed by atoms with Gasteiger partial charge >= 0.3 is 6.03 Å². The normalized spacial score (nSPS) is 10.9. The molecular formula is C20H20N6OS. The van der Waals surface area contributed by atoms with Crippen LogP contribution in [0.1, 0.15) is 17.8 Å². The second-order valence-corrected chi connectivity index (χ2v) is 7.10. The average Bonchev–Trinajstić information content (AvgIpc) is 3.40. The number of carbonyl (C=O) groups is 1. The zero-order chi connectivity index (χ0) is 19.2. The minimum atomic E-state index is -0.223. The number of rotatable bonds is 7. The van der Waals surface area contributed by atoms with Crippen molar-refractivity contribution in [2.45, 2.75) is 19.4 Å². The van der Waals surface area contributed by atoms with Gasteiger partial charge in [0.25, 0.3) is 0 Å². The fraction of sp³-hybridized carbons (Fsp3) is 0.200. The average molecular weight is 392 g/mol. The lowest BCUT2D eigenvalue weighted by atomic mass is 10.1. The number of aromatic nitrogens is 4. The van der Waals surface area contributed by atoms with Gasteiger partial charge in [0.05, 0.1) is 12.2 Å². The van der Waals surface area contributed by atoms with Crippen molar-refractivity contribution < 1.29 is 4.79 Å². The van der Waals surface area contributed by atoms with Gasteiger partial charge in [-0.1, -0.05) is 30.3 Å². The number of thiophene rings is 1. The number of aryl methyl sites for hydroxylation is 1. The number of hydrogen-bond acceptors (Lipinski definition) is 5. The number of nitrogens with one attached hydrogen (secondary N) is 2. The van der Waals surface area contributed by atoms with Crippen molar-refractivity contribution in [1.29, 1.82) is 0 Å². The first kappa shape index (κ1) is 18.1. The van der Waals surface area contributed by atoms with Gasteiger partial charge in [0, 0.05) is 17.5 Å². The second-order valence-electron chi connectivity index (χ2n) is 6.32. The molecule has 4 aromatic rings. The Kier molecular flexibility index (Phi) is 5.58. The van der Waals surface area contributed by atoms with E-state index >= 15 is 0 Å². The van der Waals surface area contributed by atoms with Crippen LogP contribution in [-0.4, -0.2) is 32.4 Å². The number of benzene rings is 1. The molecule has 0 radical (unpaired) electrons. The Morgan fingerprint density at radius 1 is 1.04 bits per heavy atom. The molecule has 0 saturated carbocycles. The fourth-order valence-electron chi connectivity index (χ4n) is 2.87. The van der Waals surface area contributed by atoms with Crippen LogP contribution in [0.15, 0.2) is 59.3 Å². The molecule has 3 aromatic heterocycles. The van der Waals surface area contributed by atoms with Crippen molar-refractivity contribution in [2.75, 3.05) is 6.54 Å². The summed E-state index contributed by atoms with van der Waals surface area (Å²) in [5.41, 5.74) is 3.82. The third-order valence-corrected chi connectivity index (χ3v) is 5.01. The Labute approximate surface area is 166 Å². The summed E-state index contributed by atoms with van der Waals surface area (Å²) in [5.74, 6) is 0.589. The van der Waals surface area contributed by atoms with Crippen LogP contribution in [0.5, 0.6) is 0 Å². The number of carbonyl (C=O) groups excluding carboxylic acids is 1. The highest BCUT2D eigenvalue weighted by Gasteiger charge is 2.10. The van der Waals surface area contributed by atoms with Gasteiger partial charge in [-0.3, -0.25) is 0 Å². The van der Waals surface area contributed by atoms with Gasteiger partial charge in [-0.2, -0.15) is 21.0 Å². The highest BCUT2D eigenvalue weighted by Crippen LogP contribution is 2.20. The molecular weight excluding hydrogens is 372 g/mol. The Balaban J connectivity index is 1.30. The van der Waals surface area contributed by atoms with E-state index in [1.807, 2.05) is 47.2 Å². The van der Waals surface area contributed by atoms with Gasteiger partial charge < -0.3 is 10.6 Å². The number of fused-ring (bicyclic) bond motifs is 1. The molecule has 28 heavy (non-hydrogen) atoms. The second kappa shape index (κ2) is 8.62. The summed E-state index contributed by atoms with van der Waals surface area (Å²) in [6, 6.07) is 15.8. The quantitative estimate of drug-likeness (QED) is 0.473. The predicted molar refractivity (Wildman–Crippen MR) is 109 cm³/mol. The molecule has 0 aliphatic carbocycles. The lowest BCUT2D eigenvalue weighted by molar-refractivity contribution is 0.240. The third-order valence-electron chi connectivity index (χ3n) is 4.32. The summed E-state index contributed by atoms with van der Waals surface area (Å²) in [4.78, 5) is 12.0. The molecule has 0 aliphatic rings. The Morgan fingerprint density at radius 2 is 1.93 bits per heavy atom. The lowest BCUT2D eigenvalue weighted by Gasteiger charge is -2.07. The van der Waals surface area contributed by atoms with Crippen LogP contribution in [0.25, 0.3) is 16.9 Å². The monoisotopic (exact) mass is 392 g/mol. The highest BCUT2D eigenvalue weighted by atomic mass is 32.1. The van der Waals surface area contributed by atoms with E-state index in [2.05, 4.69) is 38.1 Å². The largest absolute Gasteiger partial charge is 0.338 e. The molecule has 3 heterocycles. The van der Waals surface area contributed by atoms with Crippen molar-refractivity contribution in [2.24, 2.45) is 0 Å². The first-order valence-corrected chi connectivity index (χ1v) is 10.0. The first-order chi connectivity index (χ1) is 13.8. The molecule has 0 spiro atoms. The molecule has 2 amide bonds. The zero-order valence-electron chi connectivity index (χ0n) is 15.2. The summed E-state index contributed by atoms with van der Waals surface area (Å²) in [6.45, 7) is 0.869. The van der Waals surface area contributed by atoms with E-state index in [4.69, 9.17) is 0 Å². The van der Waals surface area contributed by atoms with E-state index in [1.54, 1.807) is 15.9 Å². The summed E-state index contributed by atoms with van der Waals surface area (Å²) in [5, 5.41) is 22.6. The van der Waals surface area contributed by atoms with Gasteiger partial charge in [-0.05, 0) is 42.0 Å². The van der Waals surface area contributed by atoms with Crippen molar-refractivity contribution in [1.82, 2.24) is 30.4 Å². The third kappa shape index (κ3) is 4.34. The molecule has 8 heteroatoms. The van der Waals surface area contributed by atoms with Gasteiger partial charge in [0.1, 0.15) is 0 Å². The predicted octanol–water partition coefficient (Wildman–Crippen LogP) is 3.28. The molecule has 0 unspecified atom stereocenters. The molecule has 0 aliphatic heterocycles. The molecule has 7 nitrogen and oxygen atoms in total. The fourth-order valence-corrected chi connectivity index (χ4v) is 3.52. The lowest BCUT2D eigenvalue weighted by Crippen LogP contribution is -2.36. The molecule has 0 fully saturated rings. The number of amides is 2. The van der Waals surface area contributed by atoms with Crippen LogP contribution in [0, 0.1) is 0 Å². The number of nitrogens with zero attached hydrogens (tertiary/aromatic N) is 4. The molecule has 2 N–H and O–H groups in total. The highest BCUT2D eigenvalue weighted by molar-refractivity contribution is 7.08. The van der Waals surface area contributed by atoms with E-state index < -0.39 is 0 Å². The van der Waals surface area contributed by atoms with Gasteiger partial charge in [-0.25, -0.2) is 4.79 Å². The zero-order valence-corrected chi connectivity index (χ0v) is 16.0. The Morgan fingerprint density at radius 3 is 2.75 bits per heavy atom. The molecule has 1 aromatic carbocycles. The number of hydrogen-bond donors (Lipinski definition) is 2. The van der Waals surface area contributed by atoms with E-state index in [0.717, 1.165) is 24.1 Å². The van der Waals surface area contributed by atoms with Crippen LogP contribution in [0.3, 0.4) is 0 Å². The maximum atomic E-state index is 12.0. The first-order valence-electron chi connectivity index (χ1n) is 9.09. The van der Waals surface area contributed by atoms with Crippen LogP contribution < -0.4 is 10.6 Å². The molecule has 0 saturated heterocycles. The van der Waals surface area contributed by atoms with Gasteiger partial charge in [0.15, 0.2) is 11.5 Å². The number of urea groups is 1. The summed E-state index contributed by atoms with van der Waals surface area (Å²) >= 11 is 1.62. The molecule has 0 atom stereocenters. The van der Waals surface area contributed by atoms with Crippen molar-refractivity contribution in [3.8, 4) is 11.3 Å². The van der Waals surface area contributed by atoms with Crippen molar-refractivity contribution in [3.05, 3.63) is 70.7 Å². The molecule has 142 valence electrons. The van der Waals surface area contributed by atoms with Gasteiger partial charge in [-0.15, -0.1) is 10.2 Å². The SMILES string of the molecule is O=C(NCCCc1ccccc1)NCc1nnc2ccc(-c3ccsc3)nn12. The van der Waals surface area contributed by atoms with Crippen LogP contribution in [-0.2, 0) is 13.0 Å². The van der Waals surface area contributed by atoms with Crippen LogP contribution >= 0.6 is 11.3 Å². The smallest absolute Gasteiger partial charge is 0.315 e. The summed E-state index contributed by atoms with van der Waals surface area (Å²) in [6.07, 6.45) is 1.82. The maximum absolute atomic E-state index is 12.0. The topological polar surface area (TPSA) is 84.2 Å². The van der Waals surface area contributed by atoms with E-state index in [9.17, 15) is 4.79 Å². The van der Waals surface area contributed by atoms with E-state index in [1.165, 1.54) is 5.56 Å².